The normalized spacial score (nSPS) is 15.2. The van der Waals surface area contributed by atoms with Crippen LogP contribution in [0, 0.1) is 0 Å². The first-order valence-electron chi connectivity index (χ1n) is 21.4. The van der Waals surface area contributed by atoms with E-state index in [1.165, 1.54) is 138 Å². The van der Waals surface area contributed by atoms with E-state index in [9.17, 15) is 0 Å². The average Bonchev–Trinajstić information content (AvgIpc) is 3.76. The van der Waals surface area contributed by atoms with Crippen LogP contribution in [0.2, 0.25) is 0 Å². The summed E-state index contributed by atoms with van der Waals surface area (Å²) in [4.78, 5) is 2.60. The van der Waals surface area contributed by atoms with Gasteiger partial charge in [0.25, 0.3) is 0 Å². The van der Waals surface area contributed by atoms with Crippen molar-refractivity contribution in [3.8, 4) is 44.5 Å². The van der Waals surface area contributed by atoms with Gasteiger partial charge in [-0.1, -0.05) is 140 Å². The largest absolute Gasteiger partial charge is 0.310 e. The van der Waals surface area contributed by atoms with E-state index in [0.29, 0.717) is 0 Å². The van der Waals surface area contributed by atoms with Gasteiger partial charge in [0.15, 0.2) is 0 Å². The lowest BCUT2D eigenvalue weighted by Crippen LogP contribution is -2.26. The van der Waals surface area contributed by atoms with E-state index >= 15 is 0 Å². The number of benzene rings is 8. The van der Waals surface area contributed by atoms with E-state index in [4.69, 9.17) is 0 Å². The third kappa shape index (κ3) is 4.96. The molecule has 278 valence electrons. The van der Waals surface area contributed by atoms with Crippen molar-refractivity contribution in [1.82, 2.24) is 0 Å². The molecular formula is C57H45N. The minimum absolute atomic E-state index is 0.429. The molecule has 0 unspecified atom stereocenters. The molecule has 0 saturated carbocycles. The molecule has 0 amide bonds. The number of hydrogen-bond donors (Lipinski definition) is 0. The fourth-order valence-electron chi connectivity index (χ4n) is 11.3. The van der Waals surface area contributed by atoms with E-state index in [2.05, 4.69) is 181 Å². The molecule has 4 aliphatic rings. The van der Waals surface area contributed by atoms with Gasteiger partial charge in [0.05, 0.1) is 11.1 Å². The molecule has 0 N–H and O–H groups in total. The van der Waals surface area contributed by atoms with Crippen LogP contribution in [0.5, 0.6) is 0 Å². The summed E-state index contributed by atoms with van der Waals surface area (Å²) in [6.45, 7) is 0. The first kappa shape index (κ1) is 33.7. The average molecular weight is 744 g/mol. The number of fused-ring (bicyclic) bond motifs is 12. The van der Waals surface area contributed by atoms with Crippen LogP contribution in [0.15, 0.2) is 176 Å². The van der Waals surface area contributed by atoms with Gasteiger partial charge in [-0.05, 0) is 171 Å². The Morgan fingerprint density at radius 1 is 0.328 bits per heavy atom. The Morgan fingerprint density at radius 3 is 1.59 bits per heavy atom. The van der Waals surface area contributed by atoms with Crippen LogP contribution in [0.25, 0.3) is 44.5 Å². The second-order valence-electron chi connectivity index (χ2n) is 16.9. The number of hydrogen-bond acceptors (Lipinski definition) is 1. The van der Waals surface area contributed by atoms with Gasteiger partial charge in [-0.2, -0.15) is 0 Å². The third-order valence-corrected chi connectivity index (χ3v) is 13.9. The summed E-state index contributed by atoms with van der Waals surface area (Å²) in [5.41, 5.74) is 25.3. The molecular weight excluding hydrogens is 699 g/mol. The Kier molecular flexibility index (Phi) is 7.73. The molecule has 58 heavy (non-hydrogen) atoms. The Morgan fingerprint density at radius 2 is 0.879 bits per heavy atom. The Balaban J connectivity index is 1.19. The highest BCUT2D eigenvalue weighted by Crippen LogP contribution is 2.64. The van der Waals surface area contributed by atoms with Crippen LogP contribution in [-0.4, -0.2) is 0 Å². The SMILES string of the molecule is c1ccc(-c2ccc(N(c3ccc4c(c3)CCCC4)c3cc4c(cc3-c3cccc5c3CCCC5)-c3ccccc3C43c4ccccc4-c4ccccc43)cc2)cc1. The van der Waals surface area contributed by atoms with Crippen molar-refractivity contribution >= 4 is 17.1 Å². The van der Waals surface area contributed by atoms with Gasteiger partial charge < -0.3 is 4.90 Å². The Hall–Kier alpha value is -6.44. The Labute approximate surface area is 342 Å². The molecule has 0 aromatic heterocycles. The second kappa shape index (κ2) is 13.3. The van der Waals surface area contributed by atoms with Crippen molar-refractivity contribution in [2.45, 2.75) is 56.8 Å². The van der Waals surface area contributed by atoms with Crippen molar-refractivity contribution < 1.29 is 0 Å². The van der Waals surface area contributed by atoms with Gasteiger partial charge in [0.1, 0.15) is 0 Å². The van der Waals surface area contributed by atoms with Gasteiger partial charge in [-0.25, -0.2) is 0 Å². The van der Waals surface area contributed by atoms with E-state index in [1.807, 2.05) is 0 Å². The van der Waals surface area contributed by atoms with Crippen LogP contribution in [0.1, 0.15) is 70.2 Å². The fraction of sp³-hybridized carbons (Fsp3) is 0.158. The molecule has 4 aliphatic carbocycles. The summed E-state index contributed by atoms with van der Waals surface area (Å²) in [6, 6.07) is 67.4. The van der Waals surface area contributed by atoms with Gasteiger partial charge in [-0.3, -0.25) is 0 Å². The zero-order chi connectivity index (χ0) is 38.2. The molecule has 0 atom stereocenters. The predicted molar refractivity (Wildman–Crippen MR) is 242 cm³/mol. The van der Waals surface area contributed by atoms with Crippen LogP contribution >= 0.6 is 0 Å². The smallest absolute Gasteiger partial charge is 0.0726 e. The fourth-order valence-corrected chi connectivity index (χ4v) is 11.3. The first-order valence-corrected chi connectivity index (χ1v) is 21.4. The van der Waals surface area contributed by atoms with Crippen molar-refractivity contribution in [1.29, 1.82) is 0 Å². The van der Waals surface area contributed by atoms with Gasteiger partial charge in [0.2, 0.25) is 0 Å². The van der Waals surface area contributed by atoms with Crippen LogP contribution in [0.4, 0.5) is 17.1 Å². The molecule has 1 spiro atoms. The summed E-state index contributed by atoms with van der Waals surface area (Å²) in [5.74, 6) is 0. The van der Waals surface area contributed by atoms with Crippen molar-refractivity contribution in [2.75, 3.05) is 4.90 Å². The summed E-state index contributed by atoms with van der Waals surface area (Å²) in [7, 11) is 0. The zero-order valence-electron chi connectivity index (χ0n) is 32.8. The molecule has 0 fully saturated rings. The standard InChI is InChI=1S/C57H45N/c1-2-15-38(16-3-1)40-29-32-43(33-30-40)58(44-34-31-39-17-4-5-19-42(39)35-44)56-37-55-50(36-51(56)46-25-14-20-41-18-6-7-21-45(41)46)49-24-10-13-28-54(49)57(55)52-26-11-8-22-47(52)48-23-9-12-27-53(48)57/h1-3,8-16,20,22-37H,4-7,17-19,21H2. The molecule has 8 aromatic carbocycles. The zero-order valence-corrected chi connectivity index (χ0v) is 32.8. The molecule has 0 saturated heterocycles. The van der Waals surface area contributed by atoms with Crippen LogP contribution in [0.3, 0.4) is 0 Å². The highest BCUT2D eigenvalue weighted by Gasteiger charge is 2.52. The summed E-state index contributed by atoms with van der Waals surface area (Å²) in [6.07, 6.45) is 9.60. The second-order valence-corrected chi connectivity index (χ2v) is 16.9. The lowest BCUT2D eigenvalue weighted by atomic mass is 9.70. The monoisotopic (exact) mass is 743 g/mol. The minimum Gasteiger partial charge on any atom is -0.310 e. The number of rotatable bonds is 5. The van der Waals surface area contributed by atoms with E-state index in [0.717, 1.165) is 19.3 Å². The maximum atomic E-state index is 2.62. The number of nitrogens with zero attached hydrogens (tertiary/aromatic N) is 1. The number of anilines is 3. The summed E-state index contributed by atoms with van der Waals surface area (Å²) in [5, 5.41) is 0. The molecule has 1 heteroatoms. The van der Waals surface area contributed by atoms with Gasteiger partial charge >= 0.3 is 0 Å². The van der Waals surface area contributed by atoms with Crippen LogP contribution in [-0.2, 0) is 31.1 Å². The highest BCUT2D eigenvalue weighted by atomic mass is 15.1. The molecule has 0 radical (unpaired) electrons. The maximum Gasteiger partial charge on any atom is 0.0726 e. The predicted octanol–water partition coefficient (Wildman–Crippen LogP) is 14.6. The van der Waals surface area contributed by atoms with E-state index < -0.39 is 5.41 Å². The topological polar surface area (TPSA) is 3.24 Å². The lowest BCUT2D eigenvalue weighted by Gasteiger charge is -2.34. The summed E-state index contributed by atoms with van der Waals surface area (Å²) < 4.78 is 0. The molecule has 12 rings (SSSR count). The lowest BCUT2D eigenvalue weighted by molar-refractivity contribution is 0.685. The van der Waals surface area contributed by atoms with Crippen LogP contribution < -0.4 is 4.90 Å². The highest BCUT2D eigenvalue weighted by molar-refractivity contribution is 6.00. The van der Waals surface area contributed by atoms with E-state index in [1.54, 1.807) is 0 Å². The molecule has 8 aromatic rings. The Bertz CT molecular complexity index is 2850. The van der Waals surface area contributed by atoms with Crippen molar-refractivity contribution in [3.63, 3.8) is 0 Å². The molecule has 0 heterocycles. The molecule has 0 bridgehead atoms. The summed E-state index contributed by atoms with van der Waals surface area (Å²) >= 11 is 0. The van der Waals surface area contributed by atoms with E-state index in [-0.39, 0.29) is 0 Å². The van der Waals surface area contributed by atoms with Gasteiger partial charge in [-0.15, -0.1) is 0 Å². The first-order chi connectivity index (χ1) is 28.8. The third-order valence-electron chi connectivity index (χ3n) is 13.9. The molecule has 0 aliphatic heterocycles. The quantitative estimate of drug-likeness (QED) is 0.170. The maximum absolute atomic E-state index is 2.62. The molecule has 1 nitrogen and oxygen atoms in total. The van der Waals surface area contributed by atoms with Crippen molar-refractivity contribution in [2.24, 2.45) is 0 Å². The van der Waals surface area contributed by atoms with Crippen molar-refractivity contribution in [3.05, 3.63) is 220 Å². The minimum atomic E-state index is -0.429. The number of aryl methyl sites for hydroxylation is 3. The van der Waals surface area contributed by atoms with Gasteiger partial charge in [0, 0.05) is 16.9 Å².